The van der Waals surface area contributed by atoms with E-state index in [9.17, 15) is 19.9 Å². The molecule has 0 spiro atoms. The minimum atomic E-state index is -1.10. The third-order valence-electron chi connectivity index (χ3n) is 9.84. The SMILES string of the molecule is COc1ccc([C@H](Cc2c(Cl)c[n+]([O-])cc2Cl)c2cc(CNC(C(=O)OC3C[C@H]4CC[C@H](C3)N4C)c3ccccc3)sc2C(=O)O)cc1OC. The Kier molecular flexibility index (Phi) is 11.2. The highest BCUT2D eigenvalue weighted by atomic mass is 35.5. The van der Waals surface area contributed by atoms with Crippen LogP contribution in [0.2, 0.25) is 10.0 Å². The van der Waals surface area contributed by atoms with Crippen molar-refractivity contribution in [1.82, 2.24) is 10.2 Å². The van der Waals surface area contributed by atoms with Gasteiger partial charge in [-0.15, -0.1) is 11.3 Å². The van der Waals surface area contributed by atoms with E-state index in [2.05, 4.69) is 17.3 Å². The molecule has 4 atom stereocenters. The summed E-state index contributed by atoms with van der Waals surface area (Å²) in [6, 6.07) is 16.7. The number of piperidine rings is 1. The molecule has 2 aliphatic heterocycles. The lowest BCUT2D eigenvalue weighted by Crippen LogP contribution is -2.44. The summed E-state index contributed by atoms with van der Waals surface area (Å²) in [7, 11) is 5.21. The average molecular weight is 741 g/mol. The fraction of sp³-hybridized carbons (Fsp3) is 0.378. The molecule has 2 aromatic heterocycles. The normalized spacial score (nSPS) is 19.9. The Hall–Kier alpha value is -3.87. The molecule has 50 heavy (non-hydrogen) atoms. The Bertz CT molecular complexity index is 1820. The molecule has 13 heteroatoms. The van der Waals surface area contributed by atoms with E-state index in [1.807, 2.05) is 42.5 Å². The molecule has 2 fully saturated rings. The van der Waals surface area contributed by atoms with Gasteiger partial charge in [0.25, 0.3) is 0 Å². The third kappa shape index (κ3) is 7.72. The van der Waals surface area contributed by atoms with Gasteiger partial charge in [-0.05, 0) is 74.0 Å². The first-order valence-corrected chi connectivity index (χ1v) is 18.0. The first-order valence-electron chi connectivity index (χ1n) is 16.4. The molecule has 0 amide bonds. The number of esters is 1. The minimum Gasteiger partial charge on any atom is -0.619 e. The number of nitrogens with one attached hydrogen (secondary N) is 1. The average Bonchev–Trinajstić information content (AvgIpc) is 3.60. The number of hydrogen-bond acceptors (Lipinski definition) is 9. The number of benzene rings is 2. The highest BCUT2D eigenvalue weighted by Crippen LogP contribution is 2.41. The molecule has 0 radical (unpaired) electrons. The van der Waals surface area contributed by atoms with E-state index in [1.165, 1.54) is 26.6 Å². The number of ether oxygens (including phenoxy) is 3. The summed E-state index contributed by atoms with van der Waals surface area (Å²) in [5.74, 6) is -1.03. The van der Waals surface area contributed by atoms with Gasteiger partial charge in [-0.25, -0.2) is 9.59 Å². The van der Waals surface area contributed by atoms with E-state index in [-0.39, 0.29) is 40.0 Å². The molecule has 0 aliphatic carbocycles. The number of aromatic nitrogens is 1. The highest BCUT2D eigenvalue weighted by Gasteiger charge is 2.40. The van der Waals surface area contributed by atoms with Gasteiger partial charge in [0.15, 0.2) is 23.9 Å². The van der Waals surface area contributed by atoms with Gasteiger partial charge >= 0.3 is 11.9 Å². The standard InChI is InChI=1S/C37H39Cl2N3O7S/c1-41-23-10-11-24(41)15-25(14-23)49-37(45)34(21-7-5-4-6-8-21)40-18-26-16-28(35(50-26)36(43)44)27(17-29-30(38)19-42(46)20-31(29)39)22-9-12-32(47-2)33(13-22)48-3/h4-9,12-13,16,19-20,23-25,27,34,40H,10-11,14-15,17-18H2,1-3H3,(H,43,44)/t23-,24-,27+,34?/m1/s1. The van der Waals surface area contributed by atoms with Crippen LogP contribution in [0.1, 0.15) is 74.4 Å². The third-order valence-corrected chi connectivity index (χ3v) is 11.6. The number of carboxylic acid groups (broad SMARTS) is 1. The molecule has 4 heterocycles. The van der Waals surface area contributed by atoms with Crippen molar-refractivity contribution in [1.29, 1.82) is 0 Å². The molecule has 0 saturated carbocycles. The number of nitrogens with zero attached hydrogens (tertiary/aromatic N) is 2. The maximum atomic E-state index is 13.8. The number of aromatic carboxylic acids is 1. The van der Waals surface area contributed by atoms with Gasteiger partial charge in [0.2, 0.25) is 0 Å². The maximum absolute atomic E-state index is 13.8. The lowest BCUT2D eigenvalue weighted by molar-refractivity contribution is -0.605. The van der Waals surface area contributed by atoms with Crippen molar-refractivity contribution >= 4 is 46.5 Å². The van der Waals surface area contributed by atoms with Crippen LogP contribution in [0.3, 0.4) is 0 Å². The zero-order valence-corrected chi connectivity index (χ0v) is 30.3. The van der Waals surface area contributed by atoms with E-state index in [0.29, 0.717) is 44.3 Å². The van der Waals surface area contributed by atoms with Crippen LogP contribution in [0.4, 0.5) is 0 Å². The Balaban J connectivity index is 1.31. The summed E-state index contributed by atoms with van der Waals surface area (Å²) < 4.78 is 17.7. The molecule has 2 saturated heterocycles. The zero-order valence-electron chi connectivity index (χ0n) is 27.9. The second-order valence-electron chi connectivity index (χ2n) is 12.8. The predicted octanol–water partition coefficient (Wildman–Crippen LogP) is 6.78. The summed E-state index contributed by atoms with van der Waals surface area (Å²) in [4.78, 5) is 29.8. The van der Waals surface area contributed by atoms with Crippen LogP contribution in [0.5, 0.6) is 11.5 Å². The van der Waals surface area contributed by atoms with E-state index in [0.717, 1.165) is 48.1 Å². The van der Waals surface area contributed by atoms with E-state index in [4.69, 9.17) is 37.4 Å². The van der Waals surface area contributed by atoms with Crippen molar-refractivity contribution in [2.24, 2.45) is 0 Å². The Labute approximate surface area is 305 Å². The summed E-state index contributed by atoms with van der Waals surface area (Å²) in [6.07, 6.45) is 6.35. The number of pyridine rings is 1. The Morgan fingerprint density at radius 2 is 1.66 bits per heavy atom. The number of thiophene rings is 1. The number of methoxy groups -OCH3 is 2. The van der Waals surface area contributed by atoms with Crippen LogP contribution in [-0.2, 0) is 22.5 Å². The molecule has 264 valence electrons. The van der Waals surface area contributed by atoms with Crippen LogP contribution in [0, 0.1) is 5.21 Å². The van der Waals surface area contributed by atoms with Crippen LogP contribution in [0.15, 0.2) is 67.0 Å². The van der Waals surface area contributed by atoms with Gasteiger partial charge in [0.1, 0.15) is 27.1 Å². The van der Waals surface area contributed by atoms with Crippen molar-refractivity contribution in [3.8, 4) is 11.5 Å². The second kappa shape index (κ2) is 15.6. The van der Waals surface area contributed by atoms with Crippen molar-refractivity contribution in [3.05, 3.63) is 114 Å². The summed E-state index contributed by atoms with van der Waals surface area (Å²) in [5.41, 5.74) is 2.51. The Morgan fingerprint density at radius 1 is 1.00 bits per heavy atom. The topological polar surface area (TPSA) is 124 Å². The van der Waals surface area contributed by atoms with Gasteiger partial charge in [-0.2, -0.15) is 4.73 Å². The number of carbonyl (C=O) groups is 2. The first-order chi connectivity index (χ1) is 24.1. The van der Waals surface area contributed by atoms with Crippen LogP contribution in [-0.4, -0.2) is 61.4 Å². The van der Waals surface area contributed by atoms with Crippen LogP contribution >= 0.6 is 34.5 Å². The summed E-state index contributed by atoms with van der Waals surface area (Å²) in [6.45, 7) is 0.208. The Morgan fingerprint density at radius 3 is 2.28 bits per heavy atom. The molecule has 4 aromatic rings. The molecule has 10 nitrogen and oxygen atoms in total. The minimum absolute atomic E-state index is 0.129. The van der Waals surface area contributed by atoms with E-state index < -0.39 is 17.9 Å². The fourth-order valence-electron chi connectivity index (χ4n) is 7.25. The quantitative estimate of drug-likeness (QED) is 0.0868. The van der Waals surface area contributed by atoms with Crippen molar-refractivity contribution < 1.29 is 33.6 Å². The molecular formula is C37H39Cl2N3O7S. The molecule has 2 aromatic carbocycles. The number of hydrogen-bond donors (Lipinski definition) is 2. The number of carbonyl (C=O) groups excluding carboxylic acids is 1. The number of halogens is 2. The molecule has 2 bridgehead atoms. The van der Waals surface area contributed by atoms with Gasteiger partial charge in [0.05, 0.1) is 14.2 Å². The maximum Gasteiger partial charge on any atom is 0.346 e. The molecule has 1 unspecified atom stereocenters. The van der Waals surface area contributed by atoms with Crippen molar-refractivity contribution in [2.45, 2.75) is 68.8 Å². The monoisotopic (exact) mass is 739 g/mol. The lowest BCUT2D eigenvalue weighted by Gasteiger charge is -2.36. The summed E-state index contributed by atoms with van der Waals surface area (Å²) in [5, 5.41) is 26.1. The highest BCUT2D eigenvalue weighted by molar-refractivity contribution is 7.14. The van der Waals surface area contributed by atoms with Crippen molar-refractivity contribution in [2.75, 3.05) is 21.3 Å². The van der Waals surface area contributed by atoms with Crippen molar-refractivity contribution in [3.63, 3.8) is 0 Å². The van der Waals surface area contributed by atoms with Gasteiger partial charge in [0, 0.05) is 35.0 Å². The zero-order chi connectivity index (χ0) is 35.5. The first kappa shape index (κ1) is 35.9. The van der Waals surface area contributed by atoms with Crippen LogP contribution in [0.25, 0.3) is 0 Å². The smallest absolute Gasteiger partial charge is 0.346 e. The summed E-state index contributed by atoms with van der Waals surface area (Å²) >= 11 is 14.2. The van der Waals surface area contributed by atoms with Gasteiger partial charge < -0.3 is 29.4 Å². The lowest BCUT2D eigenvalue weighted by atomic mass is 9.85. The van der Waals surface area contributed by atoms with E-state index in [1.54, 1.807) is 12.1 Å². The molecular weight excluding hydrogens is 701 g/mol. The molecule has 2 N–H and O–H groups in total. The second-order valence-corrected chi connectivity index (χ2v) is 14.7. The predicted molar refractivity (Wildman–Crippen MR) is 192 cm³/mol. The number of fused-ring (bicyclic) bond motifs is 2. The van der Waals surface area contributed by atoms with Gasteiger partial charge in [-0.3, -0.25) is 5.32 Å². The van der Waals surface area contributed by atoms with Gasteiger partial charge in [-0.1, -0.05) is 59.6 Å². The largest absolute Gasteiger partial charge is 0.619 e. The molecule has 2 aliphatic rings. The fourth-order valence-corrected chi connectivity index (χ4v) is 8.86. The number of carboxylic acids is 1. The molecule has 6 rings (SSSR count). The van der Waals surface area contributed by atoms with Crippen LogP contribution < -0.4 is 19.5 Å². The number of rotatable bonds is 13. The van der Waals surface area contributed by atoms with E-state index >= 15 is 0 Å².